The Hall–Kier alpha value is -2.44. The highest BCUT2D eigenvalue weighted by Gasteiger charge is 2.06. The number of nitrogens with zero attached hydrogens (tertiary/aromatic N) is 1. The largest absolute Gasteiger partial charge is 0.480 e. The van der Waals surface area contributed by atoms with Gasteiger partial charge in [-0.2, -0.15) is 0 Å². The predicted octanol–water partition coefficient (Wildman–Crippen LogP) is -0.669. The summed E-state index contributed by atoms with van der Waals surface area (Å²) in [5, 5.41) is 12.9. The molecule has 0 saturated carbocycles. The molecule has 0 bridgehead atoms. The van der Waals surface area contributed by atoms with Crippen LogP contribution in [0.15, 0.2) is 24.5 Å². The number of carbonyl (C=O) groups is 3. The molecule has 7 nitrogen and oxygen atoms in total. The molecule has 19 heavy (non-hydrogen) atoms. The number of carbonyl (C=O) groups excluding carboxylic acids is 2. The third-order valence-electron chi connectivity index (χ3n) is 2.27. The van der Waals surface area contributed by atoms with E-state index in [2.05, 4.69) is 15.6 Å². The van der Waals surface area contributed by atoms with Crippen LogP contribution in [0.3, 0.4) is 0 Å². The van der Waals surface area contributed by atoms with E-state index >= 15 is 0 Å². The highest BCUT2D eigenvalue weighted by atomic mass is 16.4. The van der Waals surface area contributed by atoms with Gasteiger partial charge in [0.1, 0.15) is 6.54 Å². The molecule has 0 saturated heterocycles. The molecule has 1 aromatic heterocycles. The van der Waals surface area contributed by atoms with Crippen LogP contribution in [0.1, 0.15) is 12.0 Å². The molecule has 7 heteroatoms. The number of pyridine rings is 1. The van der Waals surface area contributed by atoms with Crippen LogP contribution in [0.4, 0.5) is 0 Å². The maximum atomic E-state index is 11.4. The molecule has 1 aromatic rings. The van der Waals surface area contributed by atoms with Gasteiger partial charge < -0.3 is 15.7 Å². The Morgan fingerprint density at radius 1 is 1.05 bits per heavy atom. The zero-order valence-corrected chi connectivity index (χ0v) is 10.3. The van der Waals surface area contributed by atoms with E-state index in [9.17, 15) is 14.4 Å². The van der Waals surface area contributed by atoms with Gasteiger partial charge in [0.05, 0.1) is 6.54 Å². The number of rotatable bonds is 7. The van der Waals surface area contributed by atoms with Gasteiger partial charge in [0.2, 0.25) is 11.8 Å². The summed E-state index contributed by atoms with van der Waals surface area (Å²) in [5.41, 5.74) is 0.987. The van der Waals surface area contributed by atoms with Crippen molar-refractivity contribution in [3.63, 3.8) is 0 Å². The zero-order chi connectivity index (χ0) is 14.1. The third kappa shape index (κ3) is 6.77. The first-order valence-electron chi connectivity index (χ1n) is 5.72. The van der Waals surface area contributed by atoms with Gasteiger partial charge in [-0.05, 0) is 24.1 Å². The first-order chi connectivity index (χ1) is 9.08. The number of aromatic nitrogens is 1. The molecule has 0 aromatic carbocycles. The van der Waals surface area contributed by atoms with E-state index in [0.29, 0.717) is 6.42 Å². The summed E-state index contributed by atoms with van der Waals surface area (Å²) < 4.78 is 0. The van der Waals surface area contributed by atoms with E-state index in [-0.39, 0.29) is 18.9 Å². The zero-order valence-electron chi connectivity index (χ0n) is 10.3. The molecule has 0 aliphatic carbocycles. The van der Waals surface area contributed by atoms with Crippen LogP contribution in [0.25, 0.3) is 0 Å². The number of hydrogen-bond acceptors (Lipinski definition) is 4. The van der Waals surface area contributed by atoms with Crippen molar-refractivity contribution >= 4 is 17.8 Å². The van der Waals surface area contributed by atoms with Crippen molar-refractivity contribution in [3.8, 4) is 0 Å². The molecule has 1 heterocycles. The highest BCUT2D eigenvalue weighted by molar-refractivity contribution is 5.86. The number of carboxylic acid groups (broad SMARTS) is 1. The summed E-state index contributed by atoms with van der Waals surface area (Å²) in [6.07, 6.45) is 4.11. The van der Waals surface area contributed by atoms with E-state index in [4.69, 9.17) is 5.11 Å². The summed E-state index contributed by atoms with van der Waals surface area (Å²) in [6, 6.07) is 3.62. The summed E-state index contributed by atoms with van der Waals surface area (Å²) in [7, 11) is 0. The first kappa shape index (κ1) is 14.6. The van der Waals surface area contributed by atoms with Crippen molar-refractivity contribution in [2.45, 2.75) is 12.8 Å². The minimum Gasteiger partial charge on any atom is -0.480 e. The summed E-state index contributed by atoms with van der Waals surface area (Å²) in [5.74, 6) is -1.92. The van der Waals surface area contributed by atoms with Crippen LogP contribution in [0.2, 0.25) is 0 Å². The second-order valence-corrected chi connectivity index (χ2v) is 3.80. The molecule has 102 valence electrons. The second kappa shape index (κ2) is 7.80. The average molecular weight is 265 g/mol. The molecule has 0 spiro atoms. The van der Waals surface area contributed by atoms with Crippen LogP contribution in [0, 0.1) is 0 Å². The average Bonchev–Trinajstić information content (AvgIpc) is 2.41. The molecule has 0 atom stereocenters. The van der Waals surface area contributed by atoms with Crippen molar-refractivity contribution in [1.29, 1.82) is 0 Å². The SMILES string of the molecule is O=C(O)CNC(=O)CNC(=O)CCc1ccncc1. The second-order valence-electron chi connectivity index (χ2n) is 3.80. The third-order valence-corrected chi connectivity index (χ3v) is 2.27. The monoisotopic (exact) mass is 265 g/mol. The van der Waals surface area contributed by atoms with Crippen molar-refractivity contribution in [1.82, 2.24) is 15.6 Å². The molecule has 0 aliphatic heterocycles. The van der Waals surface area contributed by atoms with Crippen molar-refractivity contribution in [3.05, 3.63) is 30.1 Å². The lowest BCUT2D eigenvalue weighted by Gasteiger charge is -2.05. The Morgan fingerprint density at radius 3 is 2.32 bits per heavy atom. The number of nitrogens with one attached hydrogen (secondary N) is 2. The van der Waals surface area contributed by atoms with Gasteiger partial charge >= 0.3 is 5.97 Å². The highest BCUT2D eigenvalue weighted by Crippen LogP contribution is 2.00. The Labute approximate surface area is 110 Å². The summed E-state index contributed by atoms with van der Waals surface area (Å²) in [4.78, 5) is 36.6. The maximum absolute atomic E-state index is 11.4. The quantitative estimate of drug-likeness (QED) is 0.606. The van der Waals surface area contributed by atoms with E-state index in [1.807, 2.05) is 12.1 Å². The normalized spacial score (nSPS) is 9.68. The topological polar surface area (TPSA) is 108 Å². The van der Waals surface area contributed by atoms with Crippen molar-refractivity contribution < 1.29 is 19.5 Å². The Morgan fingerprint density at radius 2 is 1.68 bits per heavy atom. The smallest absolute Gasteiger partial charge is 0.322 e. The van der Waals surface area contributed by atoms with Gasteiger partial charge in [-0.25, -0.2) is 0 Å². The van der Waals surface area contributed by atoms with Gasteiger partial charge in [-0.15, -0.1) is 0 Å². The lowest BCUT2D eigenvalue weighted by molar-refractivity contribution is -0.137. The van der Waals surface area contributed by atoms with Crippen molar-refractivity contribution in [2.75, 3.05) is 13.1 Å². The molecule has 0 radical (unpaired) electrons. The van der Waals surface area contributed by atoms with Crippen LogP contribution in [-0.2, 0) is 20.8 Å². The van der Waals surface area contributed by atoms with Crippen LogP contribution >= 0.6 is 0 Å². The molecule has 3 N–H and O–H groups in total. The van der Waals surface area contributed by atoms with Gasteiger partial charge in [0.25, 0.3) is 0 Å². The van der Waals surface area contributed by atoms with Gasteiger partial charge in [0, 0.05) is 18.8 Å². The van der Waals surface area contributed by atoms with E-state index in [1.165, 1.54) is 0 Å². The Kier molecular flexibility index (Phi) is 6.00. The van der Waals surface area contributed by atoms with Crippen LogP contribution in [0.5, 0.6) is 0 Å². The molecule has 0 aliphatic rings. The fourth-order valence-corrected chi connectivity index (χ4v) is 1.31. The van der Waals surface area contributed by atoms with Gasteiger partial charge in [-0.1, -0.05) is 0 Å². The maximum Gasteiger partial charge on any atom is 0.322 e. The summed E-state index contributed by atoms with van der Waals surface area (Å²) in [6.45, 7) is -0.672. The molecular formula is C12H15N3O4. The number of aliphatic carboxylic acids is 1. The molecular weight excluding hydrogens is 250 g/mol. The first-order valence-corrected chi connectivity index (χ1v) is 5.72. The minimum atomic E-state index is -1.13. The predicted molar refractivity (Wildman–Crippen MR) is 66.2 cm³/mol. The molecule has 0 unspecified atom stereocenters. The van der Waals surface area contributed by atoms with E-state index < -0.39 is 18.4 Å². The fraction of sp³-hybridized carbons (Fsp3) is 0.333. The van der Waals surface area contributed by atoms with Gasteiger partial charge in [0.15, 0.2) is 0 Å². The number of carboxylic acids is 1. The summed E-state index contributed by atoms with van der Waals surface area (Å²) >= 11 is 0. The lowest BCUT2D eigenvalue weighted by Crippen LogP contribution is -2.39. The standard InChI is InChI=1S/C12H15N3O4/c16-10(2-1-9-3-5-13-6-4-9)14-7-11(17)15-8-12(18)19/h3-6H,1-2,7-8H2,(H,14,16)(H,15,17)(H,18,19). The fourth-order valence-electron chi connectivity index (χ4n) is 1.31. The van der Waals surface area contributed by atoms with Crippen molar-refractivity contribution in [2.24, 2.45) is 0 Å². The Balaban J connectivity index is 2.17. The lowest BCUT2D eigenvalue weighted by atomic mass is 10.1. The molecule has 1 rings (SSSR count). The number of amides is 2. The van der Waals surface area contributed by atoms with E-state index in [1.54, 1.807) is 12.4 Å². The molecule has 2 amide bonds. The Bertz CT molecular complexity index is 448. The van der Waals surface area contributed by atoms with Crippen LogP contribution in [-0.4, -0.2) is 41.0 Å². The number of aryl methyl sites for hydroxylation is 1. The van der Waals surface area contributed by atoms with Crippen LogP contribution < -0.4 is 10.6 Å². The minimum absolute atomic E-state index is 0.220. The van der Waals surface area contributed by atoms with Gasteiger partial charge in [-0.3, -0.25) is 19.4 Å². The van der Waals surface area contributed by atoms with E-state index in [0.717, 1.165) is 5.56 Å². The number of hydrogen-bond donors (Lipinski definition) is 3. The molecule has 0 fully saturated rings.